The molecule has 1 aromatic heterocycles. The molecule has 1 saturated heterocycles. The van der Waals surface area contributed by atoms with Crippen molar-refractivity contribution in [3.8, 4) is 5.75 Å². The second-order valence-corrected chi connectivity index (χ2v) is 7.40. The molecular weight excluding hydrogens is 348 g/mol. The van der Waals surface area contributed by atoms with Crippen molar-refractivity contribution in [3.05, 3.63) is 52.2 Å². The van der Waals surface area contributed by atoms with Crippen LogP contribution in [0.15, 0.2) is 41.8 Å². The number of piperazine rings is 1. The van der Waals surface area contributed by atoms with E-state index in [9.17, 15) is 9.59 Å². The van der Waals surface area contributed by atoms with Crippen molar-refractivity contribution in [2.45, 2.75) is 19.3 Å². The molecule has 1 aromatic carbocycles. The maximum atomic E-state index is 12.4. The van der Waals surface area contributed by atoms with Crippen LogP contribution in [0, 0.1) is 0 Å². The molecule has 6 heteroatoms. The molecule has 0 unspecified atom stereocenters. The molecule has 0 bridgehead atoms. The first-order chi connectivity index (χ1) is 12.7. The number of benzene rings is 1. The summed E-state index contributed by atoms with van der Waals surface area (Å²) in [5, 5.41) is 1.99. The normalized spacial score (nSPS) is 14.3. The van der Waals surface area contributed by atoms with Gasteiger partial charge in [0, 0.05) is 37.5 Å². The number of hydrogen-bond donors (Lipinski definition) is 0. The number of nitrogens with zero attached hydrogens (tertiary/aromatic N) is 2. The lowest BCUT2D eigenvalue weighted by molar-refractivity contribution is -0.139. The molecular formula is C20H24N2O3S. The highest BCUT2D eigenvalue weighted by Crippen LogP contribution is 2.15. The number of aryl methyl sites for hydroxylation is 1. The van der Waals surface area contributed by atoms with E-state index in [1.54, 1.807) is 18.4 Å². The number of rotatable bonds is 6. The number of carbonyl (C=O) groups excluding carboxylic acids is 2. The largest absolute Gasteiger partial charge is 0.497 e. The minimum atomic E-state index is 0.151. The Hall–Kier alpha value is -2.34. The molecule has 2 amide bonds. The van der Waals surface area contributed by atoms with Crippen molar-refractivity contribution in [3.63, 3.8) is 0 Å². The SMILES string of the molecule is COc1ccc(CCC(=O)N2CCN(C(=O)Cc3cccs3)CC2)cc1. The van der Waals surface area contributed by atoms with Crippen molar-refractivity contribution in [1.82, 2.24) is 9.80 Å². The molecule has 0 radical (unpaired) electrons. The Kier molecular flexibility index (Phi) is 6.28. The summed E-state index contributed by atoms with van der Waals surface area (Å²) >= 11 is 1.61. The van der Waals surface area contributed by atoms with Gasteiger partial charge >= 0.3 is 0 Å². The molecule has 0 N–H and O–H groups in total. The van der Waals surface area contributed by atoms with Gasteiger partial charge in [-0.2, -0.15) is 0 Å². The minimum absolute atomic E-state index is 0.151. The average Bonchev–Trinajstić information content (AvgIpc) is 3.19. The van der Waals surface area contributed by atoms with Crippen molar-refractivity contribution in [2.75, 3.05) is 33.3 Å². The van der Waals surface area contributed by atoms with E-state index in [2.05, 4.69) is 0 Å². The third-order valence-corrected chi connectivity index (χ3v) is 5.55. The Morgan fingerprint density at radius 2 is 1.65 bits per heavy atom. The van der Waals surface area contributed by atoms with Crippen LogP contribution in [0.4, 0.5) is 0 Å². The monoisotopic (exact) mass is 372 g/mol. The van der Waals surface area contributed by atoms with Gasteiger partial charge in [0.2, 0.25) is 11.8 Å². The molecule has 0 aliphatic carbocycles. The quantitative estimate of drug-likeness (QED) is 0.783. The molecule has 3 rings (SSSR count). The van der Waals surface area contributed by atoms with Crippen LogP contribution in [0.3, 0.4) is 0 Å². The Bertz CT molecular complexity index is 720. The number of ether oxygens (including phenoxy) is 1. The van der Waals surface area contributed by atoms with Crippen molar-refractivity contribution in [2.24, 2.45) is 0 Å². The topological polar surface area (TPSA) is 49.9 Å². The van der Waals surface area contributed by atoms with Crippen LogP contribution in [0.2, 0.25) is 0 Å². The summed E-state index contributed by atoms with van der Waals surface area (Å²) in [6.07, 6.45) is 1.68. The van der Waals surface area contributed by atoms with Crippen LogP contribution < -0.4 is 4.74 Å². The molecule has 2 heterocycles. The van der Waals surface area contributed by atoms with E-state index in [1.807, 2.05) is 51.6 Å². The summed E-state index contributed by atoms with van der Waals surface area (Å²) in [4.78, 5) is 29.6. The van der Waals surface area contributed by atoms with Crippen molar-refractivity contribution >= 4 is 23.2 Å². The van der Waals surface area contributed by atoms with Crippen LogP contribution in [-0.2, 0) is 22.4 Å². The maximum Gasteiger partial charge on any atom is 0.227 e. The van der Waals surface area contributed by atoms with Gasteiger partial charge in [0.25, 0.3) is 0 Å². The highest BCUT2D eigenvalue weighted by Gasteiger charge is 2.24. The summed E-state index contributed by atoms with van der Waals surface area (Å²) in [6, 6.07) is 11.8. The first kappa shape index (κ1) is 18.5. The van der Waals surface area contributed by atoms with Crippen LogP contribution in [0.5, 0.6) is 5.75 Å². The molecule has 1 aliphatic rings. The van der Waals surface area contributed by atoms with E-state index < -0.39 is 0 Å². The summed E-state index contributed by atoms with van der Waals surface area (Å²) in [5.41, 5.74) is 1.13. The molecule has 138 valence electrons. The predicted octanol–water partition coefficient (Wildman–Crippen LogP) is 2.60. The van der Waals surface area contributed by atoms with Crippen LogP contribution >= 0.6 is 11.3 Å². The minimum Gasteiger partial charge on any atom is -0.497 e. The van der Waals surface area contributed by atoms with Gasteiger partial charge in [0.1, 0.15) is 5.75 Å². The van der Waals surface area contributed by atoms with E-state index in [0.29, 0.717) is 39.0 Å². The van der Waals surface area contributed by atoms with Gasteiger partial charge in [-0.05, 0) is 35.6 Å². The smallest absolute Gasteiger partial charge is 0.227 e. The molecule has 5 nitrogen and oxygen atoms in total. The lowest BCUT2D eigenvalue weighted by atomic mass is 10.1. The van der Waals surface area contributed by atoms with Crippen LogP contribution in [-0.4, -0.2) is 54.9 Å². The highest BCUT2D eigenvalue weighted by atomic mass is 32.1. The Morgan fingerprint density at radius 3 is 2.23 bits per heavy atom. The number of hydrogen-bond acceptors (Lipinski definition) is 4. The molecule has 1 fully saturated rings. The molecule has 2 aromatic rings. The number of methoxy groups -OCH3 is 1. The van der Waals surface area contributed by atoms with E-state index in [1.165, 1.54) is 0 Å². The lowest BCUT2D eigenvalue weighted by Crippen LogP contribution is -2.51. The fourth-order valence-electron chi connectivity index (χ4n) is 3.08. The average molecular weight is 372 g/mol. The van der Waals surface area contributed by atoms with Crippen molar-refractivity contribution in [1.29, 1.82) is 0 Å². The van der Waals surface area contributed by atoms with Gasteiger partial charge in [-0.25, -0.2) is 0 Å². The zero-order valence-corrected chi connectivity index (χ0v) is 15.8. The summed E-state index contributed by atoms with van der Waals surface area (Å²) in [6.45, 7) is 2.49. The van der Waals surface area contributed by atoms with Gasteiger partial charge in [0.15, 0.2) is 0 Å². The van der Waals surface area contributed by atoms with Crippen LogP contribution in [0.25, 0.3) is 0 Å². The first-order valence-corrected chi connectivity index (χ1v) is 9.74. The lowest BCUT2D eigenvalue weighted by Gasteiger charge is -2.35. The Labute approximate surface area is 158 Å². The van der Waals surface area contributed by atoms with E-state index in [4.69, 9.17) is 4.74 Å². The summed E-state index contributed by atoms with van der Waals surface area (Å²) < 4.78 is 5.15. The Morgan fingerprint density at radius 1 is 1.00 bits per heavy atom. The second kappa shape index (κ2) is 8.85. The summed E-state index contributed by atoms with van der Waals surface area (Å²) in [5.74, 6) is 1.13. The number of amides is 2. The van der Waals surface area contributed by atoms with E-state index >= 15 is 0 Å². The molecule has 0 spiro atoms. The van der Waals surface area contributed by atoms with E-state index in [-0.39, 0.29) is 11.8 Å². The third-order valence-electron chi connectivity index (χ3n) is 4.68. The fraction of sp³-hybridized carbons (Fsp3) is 0.400. The van der Waals surface area contributed by atoms with Gasteiger partial charge < -0.3 is 14.5 Å². The predicted molar refractivity (Wildman–Crippen MR) is 102 cm³/mol. The summed E-state index contributed by atoms with van der Waals surface area (Å²) in [7, 11) is 1.64. The highest BCUT2D eigenvalue weighted by molar-refractivity contribution is 7.10. The number of thiophene rings is 1. The molecule has 0 atom stereocenters. The third kappa shape index (κ3) is 4.85. The molecule has 1 aliphatic heterocycles. The zero-order chi connectivity index (χ0) is 18.4. The van der Waals surface area contributed by atoms with Gasteiger partial charge in [0.05, 0.1) is 13.5 Å². The van der Waals surface area contributed by atoms with Gasteiger partial charge in [-0.1, -0.05) is 18.2 Å². The van der Waals surface area contributed by atoms with Crippen LogP contribution in [0.1, 0.15) is 16.9 Å². The first-order valence-electron chi connectivity index (χ1n) is 8.86. The Balaban J connectivity index is 1.42. The number of carbonyl (C=O) groups is 2. The fourth-order valence-corrected chi connectivity index (χ4v) is 3.78. The second-order valence-electron chi connectivity index (χ2n) is 6.37. The zero-order valence-electron chi connectivity index (χ0n) is 15.0. The van der Waals surface area contributed by atoms with Crippen molar-refractivity contribution < 1.29 is 14.3 Å². The standard InChI is InChI=1S/C20H24N2O3S/c1-25-17-7-4-16(5-8-17)6-9-19(23)21-10-12-22(13-11-21)20(24)15-18-3-2-14-26-18/h2-5,7-8,14H,6,9-13,15H2,1H3. The van der Waals surface area contributed by atoms with E-state index in [0.717, 1.165) is 22.6 Å². The van der Waals surface area contributed by atoms with Gasteiger partial charge in [-0.15, -0.1) is 11.3 Å². The molecule has 0 saturated carbocycles. The van der Waals surface area contributed by atoms with Gasteiger partial charge in [-0.3, -0.25) is 9.59 Å². The maximum absolute atomic E-state index is 12.4. The molecule has 26 heavy (non-hydrogen) atoms.